The summed E-state index contributed by atoms with van der Waals surface area (Å²) in [5.74, 6) is 0.503. The Morgan fingerprint density at radius 3 is 2.23 bits per heavy atom. The highest BCUT2D eigenvalue weighted by molar-refractivity contribution is 7.92. The predicted molar refractivity (Wildman–Crippen MR) is 105 cm³/mol. The zero-order valence-corrected chi connectivity index (χ0v) is 15.6. The van der Waals surface area contributed by atoms with Crippen LogP contribution in [0, 0.1) is 6.92 Å². The maximum absolute atomic E-state index is 12.8. The Hall–Kier alpha value is -2.79. The number of sulfonamides is 1. The van der Waals surface area contributed by atoms with Crippen LogP contribution in [0.5, 0.6) is 5.75 Å². The molecular weight excluding hydrogens is 346 g/mol. The van der Waals surface area contributed by atoms with Gasteiger partial charge in [-0.2, -0.15) is 0 Å². The molecule has 0 aliphatic heterocycles. The fraction of sp³-hybridized carbons (Fsp3) is 0.143. The quantitative estimate of drug-likeness (QED) is 0.677. The molecule has 3 rings (SSSR count). The van der Waals surface area contributed by atoms with E-state index in [0.717, 1.165) is 16.7 Å². The zero-order valence-electron chi connectivity index (χ0n) is 14.8. The largest absolute Gasteiger partial charge is 0.492 e. The molecule has 0 atom stereocenters. The third-order valence-electron chi connectivity index (χ3n) is 3.96. The van der Waals surface area contributed by atoms with E-state index in [-0.39, 0.29) is 4.90 Å². The molecule has 0 saturated heterocycles. The van der Waals surface area contributed by atoms with Gasteiger partial charge in [-0.15, -0.1) is 0 Å². The van der Waals surface area contributed by atoms with Gasteiger partial charge in [0.1, 0.15) is 5.75 Å². The second kappa shape index (κ2) is 7.62. The van der Waals surface area contributed by atoms with Crippen molar-refractivity contribution in [3.63, 3.8) is 0 Å². The summed E-state index contributed by atoms with van der Waals surface area (Å²) in [4.78, 5) is 0.218. The molecule has 0 heterocycles. The molecule has 5 heteroatoms. The van der Waals surface area contributed by atoms with E-state index < -0.39 is 10.0 Å². The molecule has 134 valence electrons. The number of rotatable bonds is 6. The average Bonchev–Trinajstić information content (AvgIpc) is 2.64. The van der Waals surface area contributed by atoms with Crippen LogP contribution in [0.25, 0.3) is 11.1 Å². The lowest BCUT2D eigenvalue weighted by Crippen LogP contribution is -2.14. The second-order valence-corrected chi connectivity index (χ2v) is 7.61. The molecule has 0 saturated carbocycles. The Labute approximate surface area is 154 Å². The van der Waals surface area contributed by atoms with Gasteiger partial charge in [0.15, 0.2) is 0 Å². The van der Waals surface area contributed by atoms with Crippen LogP contribution >= 0.6 is 0 Å². The SMILES string of the molecule is CCOc1ccc(-c2ccccc2)cc1NS(=O)(=O)c1ccc(C)cc1. The molecule has 0 radical (unpaired) electrons. The molecule has 26 heavy (non-hydrogen) atoms. The highest BCUT2D eigenvalue weighted by Gasteiger charge is 2.17. The summed E-state index contributed by atoms with van der Waals surface area (Å²) in [5, 5.41) is 0. The fourth-order valence-electron chi connectivity index (χ4n) is 2.62. The van der Waals surface area contributed by atoms with E-state index in [2.05, 4.69) is 4.72 Å². The monoisotopic (exact) mass is 367 g/mol. The summed E-state index contributed by atoms with van der Waals surface area (Å²) in [7, 11) is -3.70. The standard InChI is InChI=1S/C21H21NO3S/c1-3-25-21-14-11-18(17-7-5-4-6-8-17)15-20(21)22-26(23,24)19-12-9-16(2)10-13-19/h4-15,22H,3H2,1-2H3. The summed E-state index contributed by atoms with van der Waals surface area (Å²) in [6, 6.07) is 22.1. The Bertz CT molecular complexity index is 982. The maximum atomic E-state index is 12.8. The third kappa shape index (κ3) is 4.06. The van der Waals surface area contributed by atoms with Gasteiger partial charge >= 0.3 is 0 Å². The predicted octanol–water partition coefficient (Wildman–Crippen LogP) is 4.86. The summed E-state index contributed by atoms with van der Waals surface area (Å²) >= 11 is 0. The lowest BCUT2D eigenvalue weighted by Gasteiger charge is -2.15. The number of nitrogens with one attached hydrogen (secondary N) is 1. The van der Waals surface area contributed by atoms with E-state index in [1.165, 1.54) is 0 Å². The Morgan fingerprint density at radius 2 is 1.58 bits per heavy atom. The first kappa shape index (κ1) is 18.0. The van der Waals surface area contributed by atoms with Gasteiger partial charge in [-0.1, -0.05) is 54.1 Å². The van der Waals surface area contributed by atoms with Gasteiger partial charge < -0.3 is 4.74 Å². The molecule has 3 aromatic carbocycles. The van der Waals surface area contributed by atoms with Crippen LogP contribution in [0.3, 0.4) is 0 Å². The van der Waals surface area contributed by atoms with Crippen LogP contribution in [-0.2, 0) is 10.0 Å². The first-order valence-corrected chi connectivity index (χ1v) is 9.89. The Morgan fingerprint density at radius 1 is 0.885 bits per heavy atom. The Balaban J connectivity index is 2.00. The normalized spacial score (nSPS) is 11.2. The van der Waals surface area contributed by atoms with Crippen LogP contribution in [0.2, 0.25) is 0 Å². The van der Waals surface area contributed by atoms with E-state index in [1.54, 1.807) is 36.4 Å². The molecule has 0 aliphatic rings. The third-order valence-corrected chi connectivity index (χ3v) is 5.34. The smallest absolute Gasteiger partial charge is 0.262 e. The summed E-state index contributed by atoms with van der Waals surface area (Å²) in [6.07, 6.45) is 0. The number of aryl methyl sites for hydroxylation is 1. The van der Waals surface area contributed by atoms with Crippen molar-refractivity contribution in [3.05, 3.63) is 78.4 Å². The van der Waals surface area contributed by atoms with Crippen molar-refractivity contribution in [2.45, 2.75) is 18.7 Å². The number of benzene rings is 3. The molecule has 0 unspecified atom stereocenters. The number of anilines is 1. The molecule has 0 bridgehead atoms. The van der Waals surface area contributed by atoms with Crippen molar-refractivity contribution in [1.82, 2.24) is 0 Å². The van der Waals surface area contributed by atoms with Crippen molar-refractivity contribution >= 4 is 15.7 Å². The van der Waals surface area contributed by atoms with Crippen LogP contribution in [0.1, 0.15) is 12.5 Å². The maximum Gasteiger partial charge on any atom is 0.262 e. The van der Waals surface area contributed by atoms with Gasteiger partial charge in [-0.3, -0.25) is 4.72 Å². The number of hydrogen-bond donors (Lipinski definition) is 1. The van der Waals surface area contributed by atoms with Gasteiger partial charge in [0.05, 0.1) is 17.2 Å². The van der Waals surface area contributed by atoms with Crippen LogP contribution in [0.4, 0.5) is 5.69 Å². The lowest BCUT2D eigenvalue weighted by atomic mass is 10.1. The zero-order chi connectivity index (χ0) is 18.6. The fourth-order valence-corrected chi connectivity index (χ4v) is 3.68. The van der Waals surface area contributed by atoms with Crippen molar-refractivity contribution in [2.24, 2.45) is 0 Å². The highest BCUT2D eigenvalue weighted by atomic mass is 32.2. The van der Waals surface area contributed by atoms with Crippen molar-refractivity contribution < 1.29 is 13.2 Å². The first-order chi connectivity index (χ1) is 12.5. The van der Waals surface area contributed by atoms with E-state index >= 15 is 0 Å². The van der Waals surface area contributed by atoms with Crippen LogP contribution in [0.15, 0.2) is 77.7 Å². The van der Waals surface area contributed by atoms with Crippen LogP contribution < -0.4 is 9.46 Å². The number of hydrogen-bond acceptors (Lipinski definition) is 3. The van der Waals surface area contributed by atoms with Crippen molar-refractivity contribution in [3.8, 4) is 16.9 Å². The summed E-state index contributed by atoms with van der Waals surface area (Å²) in [6.45, 7) is 4.23. The Kier molecular flexibility index (Phi) is 5.28. The van der Waals surface area contributed by atoms with E-state index in [4.69, 9.17) is 4.74 Å². The van der Waals surface area contributed by atoms with Crippen molar-refractivity contribution in [1.29, 1.82) is 0 Å². The minimum absolute atomic E-state index is 0.218. The van der Waals surface area contributed by atoms with Gasteiger partial charge in [-0.25, -0.2) is 8.42 Å². The van der Waals surface area contributed by atoms with Gasteiger partial charge in [0.2, 0.25) is 0 Å². The molecule has 3 aromatic rings. The average molecular weight is 367 g/mol. The van der Waals surface area contributed by atoms with Gasteiger partial charge in [0.25, 0.3) is 10.0 Å². The van der Waals surface area contributed by atoms with E-state index in [1.807, 2.05) is 50.2 Å². The highest BCUT2D eigenvalue weighted by Crippen LogP contribution is 2.32. The molecule has 0 fully saturated rings. The molecule has 0 amide bonds. The topological polar surface area (TPSA) is 55.4 Å². The van der Waals surface area contributed by atoms with Crippen molar-refractivity contribution in [2.75, 3.05) is 11.3 Å². The number of ether oxygens (including phenoxy) is 1. The van der Waals surface area contributed by atoms with E-state index in [0.29, 0.717) is 18.0 Å². The second-order valence-electron chi connectivity index (χ2n) is 5.93. The molecule has 0 spiro atoms. The minimum atomic E-state index is -3.70. The van der Waals surface area contributed by atoms with Gasteiger partial charge in [-0.05, 0) is 49.2 Å². The molecule has 1 N–H and O–H groups in total. The lowest BCUT2D eigenvalue weighted by molar-refractivity contribution is 0.342. The molecule has 4 nitrogen and oxygen atoms in total. The molecule has 0 aliphatic carbocycles. The van der Waals surface area contributed by atoms with Crippen LogP contribution in [-0.4, -0.2) is 15.0 Å². The first-order valence-electron chi connectivity index (χ1n) is 8.41. The summed E-state index contributed by atoms with van der Waals surface area (Å²) < 4.78 is 33.8. The molecular formula is C21H21NO3S. The molecule has 0 aromatic heterocycles. The summed E-state index contributed by atoms with van der Waals surface area (Å²) in [5.41, 5.74) is 3.35. The minimum Gasteiger partial charge on any atom is -0.492 e. The van der Waals surface area contributed by atoms with E-state index in [9.17, 15) is 8.42 Å². The van der Waals surface area contributed by atoms with Gasteiger partial charge in [0, 0.05) is 0 Å².